The molecule has 0 amide bonds. The summed E-state index contributed by atoms with van der Waals surface area (Å²) in [7, 11) is 0. The molecule has 0 fully saturated rings. The monoisotopic (exact) mass is 174 g/mol. The standard InChI is InChI=1S/C5H6F4O2/c6-3(7)1-2-11-5(10)4(8)9/h3-4H,1-2H2. The Kier molecular flexibility index (Phi) is 4.56. The Balaban J connectivity index is 3.32. The van der Waals surface area contributed by atoms with E-state index in [-0.39, 0.29) is 0 Å². The summed E-state index contributed by atoms with van der Waals surface area (Å²) in [6.45, 7) is -0.666. The zero-order valence-electron chi connectivity index (χ0n) is 5.40. The van der Waals surface area contributed by atoms with Crippen LogP contribution in [-0.2, 0) is 9.53 Å². The Labute approximate surface area is 60.1 Å². The van der Waals surface area contributed by atoms with Gasteiger partial charge in [-0.05, 0) is 0 Å². The van der Waals surface area contributed by atoms with Crippen LogP contribution in [0, 0.1) is 0 Å². The van der Waals surface area contributed by atoms with Crippen molar-refractivity contribution in [1.29, 1.82) is 0 Å². The van der Waals surface area contributed by atoms with Crippen LogP contribution in [0.1, 0.15) is 6.42 Å². The van der Waals surface area contributed by atoms with Gasteiger partial charge in [-0.25, -0.2) is 13.6 Å². The van der Waals surface area contributed by atoms with Gasteiger partial charge in [0.2, 0.25) is 6.43 Å². The maximum absolute atomic E-state index is 11.3. The third-order valence-corrected chi connectivity index (χ3v) is 0.759. The largest absolute Gasteiger partial charge is 0.461 e. The Morgan fingerprint density at radius 1 is 1.27 bits per heavy atom. The van der Waals surface area contributed by atoms with Crippen LogP contribution >= 0.6 is 0 Å². The fourth-order valence-electron chi connectivity index (χ4n) is 0.312. The molecule has 0 heterocycles. The molecular formula is C5H6F4O2. The van der Waals surface area contributed by atoms with Crippen LogP contribution in [0.4, 0.5) is 17.6 Å². The Morgan fingerprint density at radius 3 is 2.18 bits per heavy atom. The van der Waals surface area contributed by atoms with Gasteiger partial charge in [-0.15, -0.1) is 0 Å². The molecule has 0 saturated carbocycles. The van der Waals surface area contributed by atoms with E-state index in [1.807, 2.05) is 0 Å². The molecule has 0 unspecified atom stereocenters. The van der Waals surface area contributed by atoms with Crippen molar-refractivity contribution < 1.29 is 27.1 Å². The molecule has 0 aliphatic rings. The predicted octanol–water partition coefficient (Wildman–Crippen LogP) is 1.45. The molecule has 0 aliphatic carbocycles. The highest BCUT2D eigenvalue weighted by atomic mass is 19.3. The fourth-order valence-corrected chi connectivity index (χ4v) is 0.312. The van der Waals surface area contributed by atoms with Crippen molar-refractivity contribution >= 4 is 5.97 Å². The Hall–Kier alpha value is -0.810. The molecule has 66 valence electrons. The lowest BCUT2D eigenvalue weighted by atomic mass is 10.5. The van der Waals surface area contributed by atoms with Crippen LogP contribution in [0.15, 0.2) is 0 Å². The molecule has 2 nitrogen and oxygen atoms in total. The number of carbonyl (C=O) groups is 1. The summed E-state index contributed by atoms with van der Waals surface area (Å²) in [5, 5.41) is 0. The average molecular weight is 174 g/mol. The number of esters is 1. The second kappa shape index (κ2) is 4.92. The van der Waals surface area contributed by atoms with Gasteiger partial charge < -0.3 is 4.74 Å². The summed E-state index contributed by atoms with van der Waals surface area (Å²) in [4.78, 5) is 9.91. The number of ether oxygens (including phenoxy) is 1. The predicted molar refractivity (Wildman–Crippen MR) is 27.6 cm³/mol. The summed E-state index contributed by atoms with van der Waals surface area (Å²) in [5.41, 5.74) is 0. The summed E-state index contributed by atoms with van der Waals surface area (Å²) < 4.78 is 48.9. The number of hydrogen-bond donors (Lipinski definition) is 0. The maximum atomic E-state index is 11.3. The third kappa shape index (κ3) is 5.63. The van der Waals surface area contributed by atoms with E-state index >= 15 is 0 Å². The lowest BCUT2D eigenvalue weighted by Crippen LogP contribution is -2.15. The van der Waals surface area contributed by atoms with Crippen molar-refractivity contribution in [3.8, 4) is 0 Å². The molecule has 6 heteroatoms. The van der Waals surface area contributed by atoms with Gasteiger partial charge in [-0.2, -0.15) is 8.78 Å². The van der Waals surface area contributed by atoms with Gasteiger partial charge in [0.1, 0.15) is 0 Å². The normalized spacial score (nSPS) is 10.7. The number of halogens is 4. The smallest absolute Gasteiger partial charge is 0.373 e. The fraction of sp³-hybridized carbons (Fsp3) is 0.800. The summed E-state index contributed by atoms with van der Waals surface area (Å²) in [6.07, 6.45) is -6.59. The first kappa shape index (κ1) is 10.2. The molecule has 0 rings (SSSR count). The molecule has 0 aromatic carbocycles. The highest BCUT2D eigenvalue weighted by Gasteiger charge is 2.16. The Morgan fingerprint density at radius 2 is 1.82 bits per heavy atom. The minimum Gasteiger partial charge on any atom is -0.461 e. The molecule has 0 saturated heterocycles. The van der Waals surface area contributed by atoms with E-state index in [1.165, 1.54) is 0 Å². The van der Waals surface area contributed by atoms with Gasteiger partial charge in [0.25, 0.3) is 0 Å². The zero-order valence-corrected chi connectivity index (χ0v) is 5.40. The van der Waals surface area contributed by atoms with E-state index in [0.29, 0.717) is 0 Å². The summed E-state index contributed by atoms with van der Waals surface area (Å²) in [5.74, 6) is -1.76. The highest BCUT2D eigenvalue weighted by Crippen LogP contribution is 2.01. The first-order valence-corrected chi connectivity index (χ1v) is 2.77. The Bertz CT molecular complexity index is 126. The molecule has 0 aliphatic heterocycles. The molecular weight excluding hydrogens is 168 g/mol. The van der Waals surface area contributed by atoms with Crippen molar-refractivity contribution in [3.63, 3.8) is 0 Å². The van der Waals surface area contributed by atoms with Gasteiger partial charge in [-0.1, -0.05) is 0 Å². The van der Waals surface area contributed by atoms with Crippen LogP contribution in [0.25, 0.3) is 0 Å². The first-order chi connectivity index (χ1) is 5.04. The van der Waals surface area contributed by atoms with Crippen molar-refractivity contribution in [1.82, 2.24) is 0 Å². The van der Waals surface area contributed by atoms with Crippen molar-refractivity contribution in [3.05, 3.63) is 0 Å². The van der Waals surface area contributed by atoms with E-state index in [1.54, 1.807) is 0 Å². The van der Waals surface area contributed by atoms with Crippen LogP contribution in [-0.4, -0.2) is 25.4 Å². The van der Waals surface area contributed by atoms with Gasteiger partial charge in [-0.3, -0.25) is 0 Å². The minimum atomic E-state index is -3.24. The second-order valence-electron chi connectivity index (χ2n) is 1.65. The van der Waals surface area contributed by atoms with Gasteiger partial charge in [0, 0.05) is 6.42 Å². The van der Waals surface area contributed by atoms with Gasteiger partial charge in [0.05, 0.1) is 6.61 Å². The molecule has 0 spiro atoms. The van der Waals surface area contributed by atoms with E-state index in [0.717, 1.165) is 0 Å². The van der Waals surface area contributed by atoms with Crippen molar-refractivity contribution in [2.45, 2.75) is 19.3 Å². The van der Waals surface area contributed by atoms with Crippen LogP contribution in [0.3, 0.4) is 0 Å². The molecule has 0 N–H and O–H groups in total. The maximum Gasteiger partial charge on any atom is 0.373 e. The first-order valence-electron chi connectivity index (χ1n) is 2.77. The van der Waals surface area contributed by atoms with E-state index in [9.17, 15) is 22.4 Å². The number of rotatable bonds is 4. The molecule has 0 aromatic rings. The highest BCUT2D eigenvalue weighted by molar-refractivity contribution is 5.72. The molecule has 0 atom stereocenters. The quantitative estimate of drug-likeness (QED) is 0.476. The molecule has 11 heavy (non-hydrogen) atoms. The number of alkyl halides is 4. The molecule has 0 bridgehead atoms. The SMILES string of the molecule is O=C(OCCC(F)F)C(F)F. The number of carbonyl (C=O) groups excluding carboxylic acids is 1. The third-order valence-electron chi connectivity index (χ3n) is 0.759. The van der Waals surface area contributed by atoms with Crippen molar-refractivity contribution in [2.75, 3.05) is 6.61 Å². The van der Waals surface area contributed by atoms with Gasteiger partial charge >= 0.3 is 12.4 Å². The van der Waals surface area contributed by atoms with Crippen LogP contribution < -0.4 is 0 Å². The van der Waals surface area contributed by atoms with E-state index in [4.69, 9.17) is 0 Å². The minimum absolute atomic E-state index is 0.666. The zero-order chi connectivity index (χ0) is 8.85. The lowest BCUT2D eigenvalue weighted by Gasteiger charge is -2.01. The van der Waals surface area contributed by atoms with Crippen LogP contribution in [0.2, 0.25) is 0 Å². The topological polar surface area (TPSA) is 26.3 Å². The molecule has 0 aromatic heterocycles. The van der Waals surface area contributed by atoms with E-state index < -0.39 is 31.8 Å². The van der Waals surface area contributed by atoms with Gasteiger partial charge in [0.15, 0.2) is 0 Å². The lowest BCUT2D eigenvalue weighted by molar-refractivity contribution is -0.157. The summed E-state index contributed by atoms with van der Waals surface area (Å²) >= 11 is 0. The second-order valence-corrected chi connectivity index (χ2v) is 1.65. The number of hydrogen-bond acceptors (Lipinski definition) is 2. The van der Waals surface area contributed by atoms with Crippen molar-refractivity contribution in [2.24, 2.45) is 0 Å². The molecule has 0 radical (unpaired) electrons. The van der Waals surface area contributed by atoms with Crippen LogP contribution in [0.5, 0.6) is 0 Å². The summed E-state index contributed by atoms with van der Waals surface area (Å²) in [6, 6.07) is 0. The average Bonchev–Trinajstić information content (AvgIpc) is 1.86. The van der Waals surface area contributed by atoms with E-state index in [2.05, 4.69) is 4.74 Å².